The van der Waals surface area contributed by atoms with Crippen molar-refractivity contribution >= 4 is 46.6 Å². The molecule has 1 atom stereocenters. The molecule has 0 saturated heterocycles. The molecule has 0 radical (unpaired) electrons. The average molecular weight is 584 g/mol. The number of aryl methyl sites for hydroxylation is 1. The molecule has 5 heterocycles. The third-order valence-corrected chi connectivity index (χ3v) is 7.06. The Morgan fingerprint density at radius 2 is 1.97 bits per heavy atom. The molecule has 39 heavy (non-hydrogen) atoms. The summed E-state index contributed by atoms with van der Waals surface area (Å²) in [6, 6.07) is 11.6. The molecular weight excluding hydrogens is 567 g/mol. The van der Waals surface area contributed by atoms with Crippen molar-refractivity contribution in [1.29, 1.82) is 0 Å². The summed E-state index contributed by atoms with van der Waals surface area (Å²) in [6.07, 6.45) is 3.05. The van der Waals surface area contributed by atoms with E-state index in [9.17, 15) is 9.59 Å². The van der Waals surface area contributed by atoms with Crippen molar-refractivity contribution in [2.24, 2.45) is 0 Å². The van der Waals surface area contributed by atoms with E-state index in [1.807, 2.05) is 6.07 Å². The fraction of sp³-hybridized carbons (Fsp3) is 0.120. The van der Waals surface area contributed by atoms with Crippen molar-refractivity contribution in [3.63, 3.8) is 0 Å². The second kappa shape index (κ2) is 9.84. The average Bonchev–Trinajstić information content (AvgIpc) is 3.62. The van der Waals surface area contributed by atoms with Gasteiger partial charge in [0, 0.05) is 22.3 Å². The Morgan fingerprint density at radius 3 is 2.69 bits per heavy atom. The van der Waals surface area contributed by atoms with E-state index in [0.29, 0.717) is 57.6 Å². The minimum absolute atomic E-state index is 0.199. The molecule has 0 fully saturated rings. The number of halogens is 3. The Morgan fingerprint density at radius 1 is 1.13 bits per heavy atom. The van der Waals surface area contributed by atoms with Gasteiger partial charge in [0.05, 0.1) is 35.5 Å². The van der Waals surface area contributed by atoms with Gasteiger partial charge in [-0.1, -0.05) is 40.0 Å². The van der Waals surface area contributed by atoms with Gasteiger partial charge >= 0.3 is 6.09 Å². The van der Waals surface area contributed by atoms with Gasteiger partial charge in [0.1, 0.15) is 11.5 Å². The number of nitrogens with one attached hydrogen (secondary N) is 2. The summed E-state index contributed by atoms with van der Waals surface area (Å²) in [5, 5.41) is 19.9. The Labute approximate surface area is 235 Å². The minimum atomic E-state index is -1.19. The van der Waals surface area contributed by atoms with E-state index in [-0.39, 0.29) is 21.9 Å². The molecule has 0 aliphatic carbocycles. The smallest absolute Gasteiger partial charge is 0.409 e. The van der Waals surface area contributed by atoms with Crippen LogP contribution >= 0.6 is 34.8 Å². The van der Waals surface area contributed by atoms with Crippen LogP contribution in [0, 0.1) is 0 Å². The van der Waals surface area contributed by atoms with Crippen LogP contribution in [0.4, 0.5) is 10.5 Å². The molecule has 14 heteroatoms. The van der Waals surface area contributed by atoms with E-state index >= 15 is 0 Å². The van der Waals surface area contributed by atoms with Crippen molar-refractivity contribution in [2.45, 2.75) is 18.9 Å². The number of hydrogen-bond acceptors (Lipinski definition) is 6. The Hall–Kier alpha value is -4.19. The SMILES string of the molecule is O=C(O)Nc1ccc(-c2[nH]c([C@@H]3CCc4cc(-c5cc(Cl)ccc5-n5cc(Cl)nn5)cc(=O)n43)nc2Cl)nc1. The number of fused-ring (bicyclic) bond motifs is 1. The minimum Gasteiger partial charge on any atom is -0.465 e. The summed E-state index contributed by atoms with van der Waals surface area (Å²) < 4.78 is 3.23. The molecule has 0 unspecified atom stereocenters. The van der Waals surface area contributed by atoms with Gasteiger partial charge in [-0.3, -0.25) is 15.1 Å². The van der Waals surface area contributed by atoms with E-state index < -0.39 is 6.09 Å². The van der Waals surface area contributed by atoms with Crippen molar-refractivity contribution in [3.8, 4) is 28.2 Å². The van der Waals surface area contributed by atoms with Gasteiger partial charge < -0.3 is 14.7 Å². The standard InChI is InChI=1S/C25H17Cl3N8O3/c26-13-1-5-18(35-11-20(27)33-34-35)16(9-13)12-7-15-3-6-19(36(15)21(37)8-12)24-31-22(23(28)32-24)17-4-2-14(10-29-17)30-25(38)39/h1-2,4-5,7-11,19,30H,3,6H2,(H,31,32)(H,38,39)/t19-/m0/s1. The number of rotatable bonds is 5. The first-order chi connectivity index (χ1) is 18.8. The number of anilines is 1. The van der Waals surface area contributed by atoms with Crippen molar-refractivity contribution < 1.29 is 9.90 Å². The Bertz CT molecular complexity index is 1800. The summed E-state index contributed by atoms with van der Waals surface area (Å²) in [6.45, 7) is 0. The third kappa shape index (κ3) is 4.76. The summed E-state index contributed by atoms with van der Waals surface area (Å²) in [5.74, 6) is 0.527. The zero-order chi connectivity index (χ0) is 27.3. The molecule has 6 rings (SSSR count). The predicted molar refractivity (Wildman–Crippen MR) is 146 cm³/mol. The van der Waals surface area contributed by atoms with E-state index in [0.717, 1.165) is 5.69 Å². The Balaban J connectivity index is 1.35. The summed E-state index contributed by atoms with van der Waals surface area (Å²) >= 11 is 18.7. The number of nitrogens with zero attached hydrogens (tertiary/aromatic N) is 6. The first kappa shape index (κ1) is 25.1. The largest absolute Gasteiger partial charge is 0.465 e. The van der Waals surface area contributed by atoms with Crippen LogP contribution in [-0.2, 0) is 6.42 Å². The van der Waals surface area contributed by atoms with Crippen molar-refractivity contribution in [3.05, 3.63) is 92.1 Å². The van der Waals surface area contributed by atoms with Gasteiger partial charge in [-0.2, -0.15) is 0 Å². The van der Waals surface area contributed by atoms with Crippen LogP contribution in [0.15, 0.2) is 59.7 Å². The van der Waals surface area contributed by atoms with Gasteiger partial charge in [0.2, 0.25) is 0 Å². The van der Waals surface area contributed by atoms with Crippen LogP contribution in [0.25, 0.3) is 28.2 Å². The van der Waals surface area contributed by atoms with E-state index in [4.69, 9.17) is 39.9 Å². The first-order valence-corrected chi connectivity index (χ1v) is 12.8. The number of benzene rings is 1. The molecule has 1 aromatic carbocycles. The van der Waals surface area contributed by atoms with Gasteiger partial charge in [0.15, 0.2) is 10.3 Å². The maximum absolute atomic E-state index is 13.4. The highest BCUT2D eigenvalue weighted by Crippen LogP contribution is 2.36. The molecule has 11 nitrogen and oxygen atoms in total. The normalized spacial score (nSPS) is 14.4. The van der Waals surface area contributed by atoms with Crippen LogP contribution in [0.2, 0.25) is 15.3 Å². The molecule has 1 aliphatic rings. The topological polar surface area (TPSA) is 144 Å². The lowest BCUT2D eigenvalue weighted by atomic mass is 10.0. The number of H-pyrrole nitrogens is 1. The summed E-state index contributed by atoms with van der Waals surface area (Å²) in [4.78, 5) is 36.2. The molecular formula is C25H17Cl3N8O3. The molecule has 1 amide bonds. The number of aromatic amines is 1. The molecule has 196 valence electrons. The maximum atomic E-state index is 13.4. The molecule has 4 aromatic heterocycles. The van der Waals surface area contributed by atoms with Crippen LogP contribution in [0.5, 0.6) is 0 Å². The second-order valence-electron chi connectivity index (χ2n) is 8.80. The number of pyridine rings is 2. The fourth-order valence-corrected chi connectivity index (χ4v) is 5.28. The number of carboxylic acid groups (broad SMARTS) is 1. The van der Waals surface area contributed by atoms with Crippen molar-refractivity contribution in [2.75, 3.05) is 5.32 Å². The number of imidazole rings is 1. The lowest BCUT2D eigenvalue weighted by molar-refractivity contribution is 0.209. The highest BCUT2D eigenvalue weighted by atomic mass is 35.5. The number of amides is 1. The summed E-state index contributed by atoms with van der Waals surface area (Å²) in [7, 11) is 0. The van der Waals surface area contributed by atoms with E-state index in [1.54, 1.807) is 47.2 Å². The maximum Gasteiger partial charge on any atom is 0.409 e. The zero-order valence-electron chi connectivity index (χ0n) is 19.8. The molecule has 0 spiro atoms. The molecule has 1 aliphatic heterocycles. The van der Waals surface area contributed by atoms with Crippen LogP contribution < -0.4 is 10.9 Å². The molecule has 5 aromatic rings. The number of aromatic nitrogens is 7. The quantitative estimate of drug-likeness (QED) is 0.249. The van der Waals surface area contributed by atoms with Crippen LogP contribution in [-0.4, -0.2) is 45.7 Å². The van der Waals surface area contributed by atoms with Gasteiger partial charge in [-0.05, 0) is 54.8 Å². The molecule has 0 bridgehead atoms. The van der Waals surface area contributed by atoms with Gasteiger partial charge in [0.25, 0.3) is 5.56 Å². The lowest BCUT2D eigenvalue weighted by Gasteiger charge is -2.15. The third-order valence-electron chi connectivity index (χ3n) is 6.38. The van der Waals surface area contributed by atoms with Crippen molar-refractivity contribution in [1.82, 2.24) is 34.5 Å². The van der Waals surface area contributed by atoms with E-state index in [2.05, 4.69) is 30.6 Å². The predicted octanol–water partition coefficient (Wildman–Crippen LogP) is 5.47. The second-order valence-corrected chi connectivity index (χ2v) is 9.98. The van der Waals surface area contributed by atoms with Crippen LogP contribution in [0.1, 0.15) is 24.0 Å². The number of hydrogen-bond donors (Lipinski definition) is 3. The summed E-state index contributed by atoms with van der Waals surface area (Å²) in [5.41, 5.74) is 3.99. The van der Waals surface area contributed by atoms with Gasteiger partial charge in [-0.25, -0.2) is 14.5 Å². The lowest BCUT2D eigenvalue weighted by Crippen LogP contribution is -2.24. The molecule has 3 N–H and O–H groups in total. The fourth-order valence-electron chi connectivity index (χ4n) is 4.75. The van der Waals surface area contributed by atoms with E-state index in [1.165, 1.54) is 10.9 Å². The highest BCUT2D eigenvalue weighted by Gasteiger charge is 2.29. The van der Waals surface area contributed by atoms with Crippen LogP contribution in [0.3, 0.4) is 0 Å². The highest BCUT2D eigenvalue weighted by molar-refractivity contribution is 6.32. The zero-order valence-corrected chi connectivity index (χ0v) is 22.0. The monoisotopic (exact) mass is 582 g/mol. The Kier molecular flexibility index (Phi) is 6.34. The molecule has 0 saturated carbocycles. The number of carbonyl (C=O) groups is 1. The first-order valence-electron chi connectivity index (χ1n) is 11.6. The van der Waals surface area contributed by atoms with Gasteiger partial charge in [-0.15, -0.1) is 5.10 Å².